The van der Waals surface area contributed by atoms with Crippen LogP contribution in [0.4, 0.5) is 0 Å². The Morgan fingerprint density at radius 3 is 3.00 bits per heavy atom. The van der Waals surface area contributed by atoms with Crippen LogP contribution in [0.5, 0.6) is 0 Å². The Bertz CT molecular complexity index is 151. The van der Waals surface area contributed by atoms with E-state index in [4.69, 9.17) is 5.11 Å². The molecule has 56 valence electrons. The van der Waals surface area contributed by atoms with Crippen LogP contribution in [0.3, 0.4) is 0 Å². The summed E-state index contributed by atoms with van der Waals surface area (Å²) in [7, 11) is 0. The van der Waals surface area contributed by atoms with E-state index in [2.05, 4.69) is 12.2 Å². The zero-order chi connectivity index (χ0) is 6.97. The standard InChI is InChI=1S/C9H14O/c10-6-9-5-7-2-1-3-8(9)4-7/h1-2,7-10H,3-6H2/t7-,8+,9+/m0/s1. The Kier molecular flexibility index (Phi) is 1.53. The minimum Gasteiger partial charge on any atom is -0.396 e. The minimum absolute atomic E-state index is 0.406. The number of aliphatic hydroxyl groups excluding tert-OH is 1. The summed E-state index contributed by atoms with van der Waals surface area (Å²) in [5.41, 5.74) is 0. The first-order valence-corrected chi connectivity index (χ1v) is 4.17. The first-order valence-electron chi connectivity index (χ1n) is 4.17. The summed E-state index contributed by atoms with van der Waals surface area (Å²) in [6.07, 6.45) is 8.39. The Hall–Kier alpha value is -0.300. The molecule has 0 aromatic carbocycles. The van der Waals surface area contributed by atoms with Crippen LogP contribution in [-0.4, -0.2) is 11.7 Å². The van der Waals surface area contributed by atoms with E-state index in [0.29, 0.717) is 12.5 Å². The molecule has 1 saturated carbocycles. The highest BCUT2D eigenvalue weighted by molar-refractivity contribution is 5.03. The fourth-order valence-corrected chi connectivity index (χ4v) is 2.37. The molecule has 0 unspecified atom stereocenters. The molecule has 0 aliphatic heterocycles. The average molecular weight is 138 g/mol. The second-order valence-corrected chi connectivity index (χ2v) is 3.60. The summed E-state index contributed by atoms with van der Waals surface area (Å²) in [5.74, 6) is 2.22. The van der Waals surface area contributed by atoms with Gasteiger partial charge >= 0.3 is 0 Å². The molecular weight excluding hydrogens is 124 g/mol. The van der Waals surface area contributed by atoms with Crippen molar-refractivity contribution in [2.45, 2.75) is 19.3 Å². The summed E-state index contributed by atoms with van der Waals surface area (Å²) in [5, 5.41) is 8.99. The molecule has 1 nitrogen and oxygen atoms in total. The lowest BCUT2D eigenvalue weighted by Crippen LogP contribution is -2.10. The third-order valence-electron chi connectivity index (χ3n) is 2.96. The Balaban J connectivity index is 2.08. The SMILES string of the molecule is OC[C@H]1C[C@H]2C=CC[C@@H]1C2. The largest absolute Gasteiger partial charge is 0.396 e. The number of rotatable bonds is 1. The average Bonchev–Trinajstić information content (AvgIpc) is 2.26. The second kappa shape index (κ2) is 2.39. The molecule has 0 heterocycles. The van der Waals surface area contributed by atoms with Gasteiger partial charge in [-0.15, -0.1) is 0 Å². The highest BCUT2D eigenvalue weighted by Gasteiger charge is 2.33. The number of hydrogen-bond donors (Lipinski definition) is 1. The number of aliphatic hydroxyl groups is 1. The van der Waals surface area contributed by atoms with Crippen molar-refractivity contribution in [3.05, 3.63) is 12.2 Å². The van der Waals surface area contributed by atoms with Crippen LogP contribution in [0.1, 0.15) is 19.3 Å². The highest BCUT2D eigenvalue weighted by Crippen LogP contribution is 2.42. The molecule has 0 spiro atoms. The maximum Gasteiger partial charge on any atom is 0.0462 e. The van der Waals surface area contributed by atoms with Crippen molar-refractivity contribution in [2.24, 2.45) is 17.8 Å². The van der Waals surface area contributed by atoms with Gasteiger partial charge in [0.2, 0.25) is 0 Å². The number of fused-ring (bicyclic) bond motifs is 2. The van der Waals surface area contributed by atoms with Crippen LogP contribution in [0.2, 0.25) is 0 Å². The third-order valence-corrected chi connectivity index (χ3v) is 2.96. The summed E-state index contributed by atoms with van der Waals surface area (Å²) < 4.78 is 0. The van der Waals surface area contributed by atoms with Gasteiger partial charge in [0.1, 0.15) is 0 Å². The van der Waals surface area contributed by atoms with Gasteiger partial charge in [0.05, 0.1) is 0 Å². The molecule has 2 bridgehead atoms. The first kappa shape index (κ1) is 6.41. The van der Waals surface area contributed by atoms with Gasteiger partial charge in [0.15, 0.2) is 0 Å². The normalized spacial score (nSPS) is 44.3. The molecule has 1 heteroatoms. The fraction of sp³-hybridized carbons (Fsp3) is 0.778. The van der Waals surface area contributed by atoms with E-state index in [0.717, 1.165) is 11.8 Å². The molecule has 2 rings (SSSR count). The van der Waals surface area contributed by atoms with Crippen molar-refractivity contribution < 1.29 is 5.11 Å². The summed E-state index contributed by atoms with van der Waals surface area (Å²) in [6, 6.07) is 0. The molecule has 1 fully saturated rings. The fourth-order valence-electron chi connectivity index (χ4n) is 2.37. The van der Waals surface area contributed by atoms with Crippen LogP contribution in [0.25, 0.3) is 0 Å². The lowest BCUT2D eigenvalue weighted by Gasteiger charge is -2.15. The molecule has 2 aliphatic rings. The monoisotopic (exact) mass is 138 g/mol. The van der Waals surface area contributed by atoms with Gasteiger partial charge in [-0.2, -0.15) is 0 Å². The smallest absolute Gasteiger partial charge is 0.0462 e. The Labute approximate surface area is 61.8 Å². The van der Waals surface area contributed by atoms with E-state index < -0.39 is 0 Å². The minimum atomic E-state index is 0.406. The van der Waals surface area contributed by atoms with E-state index in [1.54, 1.807) is 0 Å². The molecule has 3 atom stereocenters. The van der Waals surface area contributed by atoms with Gasteiger partial charge in [0, 0.05) is 6.61 Å². The van der Waals surface area contributed by atoms with E-state index in [9.17, 15) is 0 Å². The predicted octanol–water partition coefficient (Wildman–Crippen LogP) is 1.58. The zero-order valence-corrected chi connectivity index (χ0v) is 6.16. The number of hydrogen-bond acceptors (Lipinski definition) is 1. The molecule has 0 radical (unpaired) electrons. The molecule has 2 aliphatic carbocycles. The van der Waals surface area contributed by atoms with Crippen molar-refractivity contribution in [2.75, 3.05) is 6.61 Å². The maximum absolute atomic E-state index is 8.99. The molecular formula is C9H14O. The molecule has 0 aromatic rings. The summed E-state index contributed by atoms with van der Waals surface area (Å²) in [4.78, 5) is 0. The molecule has 1 N–H and O–H groups in total. The van der Waals surface area contributed by atoms with Gasteiger partial charge in [-0.1, -0.05) is 12.2 Å². The lowest BCUT2D eigenvalue weighted by molar-refractivity contribution is 0.195. The quantitative estimate of drug-likeness (QED) is 0.545. The first-order chi connectivity index (χ1) is 4.90. The van der Waals surface area contributed by atoms with Crippen LogP contribution in [-0.2, 0) is 0 Å². The molecule has 0 saturated heterocycles. The Morgan fingerprint density at radius 1 is 1.40 bits per heavy atom. The van der Waals surface area contributed by atoms with Crippen LogP contribution in [0.15, 0.2) is 12.2 Å². The summed E-state index contributed by atoms with van der Waals surface area (Å²) in [6.45, 7) is 0.406. The number of allylic oxidation sites excluding steroid dienone is 2. The van der Waals surface area contributed by atoms with Gasteiger partial charge in [0.25, 0.3) is 0 Å². The van der Waals surface area contributed by atoms with Crippen molar-refractivity contribution in [1.82, 2.24) is 0 Å². The van der Waals surface area contributed by atoms with E-state index in [1.165, 1.54) is 19.3 Å². The van der Waals surface area contributed by atoms with Gasteiger partial charge in [-0.3, -0.25) is 0 Å². The summed E-state index contributed by atoms with van der Waals surface area (Å²) >= 11 is 0. The van der Waals surface area contributed by atoms with Crippen LogP contribution >= 0.6 is 0 Å². The molecule has 0 aromatic heterocycles. The second-order valence-electron chi connectivity index (χ2n) is 3.60. The lowest BCUT2D eigenvalue weighted by atomic mass is 9.92. The zero-order valence-electron chi connectivity index (χ0n) is 6.16. The van der Waals surface area contributed by atoms with Gasteiger partial charge in [-0.05, 0) is 37.0 Å². The third kappa shape index (κ3) is 0.891. The Morgan fingerprint density at radius 2 is 2.30 bits per heavy atom. The van der Waals surface area contributed by atoms with E-state index >= 15 is 0 Å². The van der Waals surface area contributed by atoms with Gasteiger partial charge in [-0.25, -0.2) is 0 Å². The molecule has 0 amide bonds. The van der Waals surface area contributed by atoms with Crippen LogP contribution < -0.4 is 0 Å². The topological polar surface area (TPSA) is 20.2 Å². The predicted molar refractivity (Wildman–Crippen MR) is 40.5 cm³/mol. The van der Waals surface area contributed by atoms with Crippen molar-refractivity contribution in [3.63, 3.8) is 0 Å². The van der Waals surface area contributed by atoms with Crippen molar-refractivity contribution in [3.8, 4) is 0 Å². The van der Waals surface area contributed by atoms with Crippen LogP contribution in [0, 0.1) is 17.8 Å². The van der Waals surface area contributed by atoms with E-state index in [-0.39, 0.29) is 0 Å². The van der Waals surface area contributed by atoms with Crippen molar-refractivity contribution in [1.29, 1.82) is 0 Å². The van der Waals surface area contributed by atoms with Gasteiger partial charge < -0.3 is 5.11 Å². The van der Waals surface area contributed by atoms with Crippen molar-refractivity contribution >= 4 is 0 Å². The maximum atomic E-state index is 8.99. The van der Waals surface area contributed by atoms with E-state index in [1.807, 2.05) is 0 Å². The highest BCUT2D eigenvalue weighted by atomic mass is 16.3. The molecule has 10 heavy (non-hydrogen) atoms.